The summed E-state index contributed by atoms with van der Waals surface area (Å²) >= 11 is 6.99. The lowest BCUT2D eigenvalue weighted by Gasteiger charge is -2.13. The van der Waals surface area contributed by atoms with Gasteiger partial charge in [0, 0.05) is 21.2 Å². The molecule has 2 aromatic rings. The molecular formula is C13H15Br2N3. The van der Waals surface area contributed by atoms with Crippen LogP contribution in [0.1, 0.15) is 25.6 Å². The summed E-state index contributed by atoms with van der Waals surface area (Å²) in [5.41, 5.74) is 2.02. The van der Waals surface area contributed by atoms with E-state index in [-0.39, 0.29) is 0 Å². The first kappa shape index (κ1) is 13.6. The minimum atomic E-state index is 0.378. The zero-order valence-electron chi connectivity index (χ0n) is 10.5. The SMILES string of the molecule is Cc1cn(C(C)C)c(Nc2ccc(Br)cc2Br)n1. The van der Waals surface area contributed by atoms with Crippen LogP contribution >= 0.6 is 31.9 Å². The summed E-state index contributed by atoms with van der Waals surface area (Å²) in [6, 6.07) is 6.41. The Hall–Kier alpha value is -0.810. The van der Waals surface area contributed by atoms with Crippen molar-refractivity contribution in [1.29, 1.82) is 0 Å². The standard InChI is InChI=1S/C13H15Br2N3/c1-8(2)18-7-9(3)16-13(18)17-12-5-4-10(14)6-11(12)15/h4-8H,1-3H3,(H,16,17). The Morgan fingerprint density at radius 1 is 1.28 bits per heavy atom. The van der Waals surface area contributed by atoms with E-state index in [9.17, 15) is 0 Å². The van der Waals surface area contributed by atoms with Gasteiger partial charge in [-0.2, -0.15) is 0 Å². The highest BCUT2D eigenvalue weighted by Gasteiger charge is 2.10. The lowest BCUT2D eigenvalue weighted by molar-refractivity contribution is 0.607. The van der Waals surface area contributed by atoms with E-state index in [0.29, 0.717) is 6.04 Å². The van der Waals surface area contributed by atoms with Crippen LogP contribution in [-0.2, 0) is 0 Å². The summed E-state index contributed by atoms with van der Waals surface area (Å²) in [4.78, 5) is 4.51. The lowest BCUT2D eigenvalue weighted by Crippen LogP contribution is -2.05. The van der Waals surface area contributed by atoms with Crippen molar-refractivity contribution in [3.8, 4) is 0 Å². The van der Waals surface area contributed by atoms with Gasteiger partial charge in [0.1, 0.15) is 0 Å². The zero-order valence-corrected chi connectivity index (χ0v) is 13.7. The van der Waals surface area contributed by atoms with Crippen molar-refractivity contribution < 1.29 is 0 Å². The lowest BCUT2D eigenvalue weighted by atomic mass is 10.3. The maximum atomic E-state index is 4.51. The number of nitrogens with zero attached hydrogens (tertiary/aromatic N) is 2. The Kier molecular flexibility index (Phi) is 4.12. The van der Waals surface area contributed by atoms with Gasteiger partial charge in [-0.3, -0.25) is 0 Å². The molecule has 0 bridgehead atoms. The molecule has 1 aromatic carbocycles. The van der Waals surface area contributed by atoms with Crippen molar-refractivity contribution >= 4 is 43.5 Å². The fourth-order valence-electron chi connectivity index (χ4n) is 1.71. The summed E-state index contributed by atoms with van der Waals surface area (Å²) in [5.74, 6) is 0.866. The van der Waals surface area contributed by atoms with Crippen molar-refractivity contribution in [2.75, 3.05) is 5.32 Å². The van der Waals surface area contributed by atoms with Crippen LogP contribution in [-0.4, -0.2) is 9.55 Å². The first-order valence-electron chi connectivity index (χ1n) is 5.75. The van der Waals surface area contributed by atoms with Gasteiger partial charge in [0.2, 0.25) is 5.95 Å². The molecule has 2 rings (SSSR count). The minimum absolute atomic E-state index is 0.378. The Labute approximate surface area is 124 Å². The summed E-state index contributed by atoms with van der Waals surface area (Å²) < 4.78 is 4.18. The van der Waals surface area contributed by atoms with Crippen LogP contribution in [0.5, 0.6) is 0 Å². The Balaban J connectivity index is 2.33. The number of aromatic nitrogens is 2. The number of rotatable bonds is 3. The maximum Gasteiger partial charge on any atom is 0.207 e. The molecule has 5 heteroatoms. The first-order valence-corrected chi connectivity index (χ1v) is 7.33. The molecule has 0 aliphatic carbocycles. The highest BCUT2D eigenvalue weighted by Crippen LogP contribution is 2.29. The van der Waals surface area contributed by atoms with Crippen molar-refractivity contribution in [3.63, 3.8) is 0 Å². The fraction of sp³-hybridized carbons (Fsp3) is 0.308. The second kappa shape index (κ2) is 5.45. The van der Waals surface area contributed by atoms with E-state index in [1.807, 2.05) is 25.1 Å². The van der Waals surface area contributed by atoms with Gasteiger partial charge >= 0.3 is 0 Å². The van der Waals surface area contributed by atoms with Crippen LogP contribution in [0.15, 0.2) is 33.3 Å². The normalized spacial score (nSPS) is 11.0. The fourth-order valence-corrected chi connectivity index (χ4v) is 2.86. The van der Waals surface area contributed by atoms with Crippen LogP contribution in [0.2, 0.25) is 0 Å². The van der Waals surface area contributed by atoms with Gasteiger partial charge in [-0.05, 0) is 54.9 Å². The average molecular weight is 373 g/mol. The molecule has 0 unspecified atom stereocenters. The Morgan fingerprint density at radius 3 is 2.61 bits per heavy atom. The molecule has 0 spiro atoms. The summed E-state index contributed by atoms with van der Waals surface area (Å²) in [5, 5.41) is 3.35. The van der Waals surface area contributed by atoms with Crippen LogP contribution in [0.3, 0.4) is 0 Å². The average Bonchev–Trinajstić information content (AvgIpc) is 2.64. The Morgan fingerprint density at radius 2 is 2.00 bits per heavy atom. The quantitative estimate of drug-likeness (QED) is 0.817. The molecule has 1 N–H and O–H groups in total. The minimum Gasteiger partial charge on any atom is -0.325 e. The van der Waals surface area contributed by atoms with Gasteiger partial charge in [-0.1, -0.05) is 15.9 Å². The van der Waals surface area contributed by atoms with Gasteiger partial charge in [0.15, 0.2) is 0 Å². The second-order valence-electron chi connectivity index (χ2n) is 4.46. The van der Waals surface area contributed by atoms with Crippen molar-refractivity contribution in [3.05, 3.63) is 39.0 Å². The van der Waals surface area contributed by atoms with Crippen molar-refractivity contribution in [2.24, 2.45) is 0 Å². The number of imidazole rings is 1. The molecular weight excluding hydrogens is 358 g/mol. The van der Waals surface area contributed by atoms with Gasteiger partial charge in [-0.25, -0.2) is 4.98 Å². The first-order chi connectivity index (χ1) is 8.47. The number of halogens is 2. The number of anilines is 2. The predicted octanol–water partition coefficient (Wildman–Crippen LogP) is 5.04. The maximum absolute atomic E-state index is 4.51. The van der Waals surface area contributed by atoms with E-state index < -0.39 is 0 Å². The monoisotopic (exact) mass is 371 g/mol. The summed E-state index contributed by atoms with van der Waals surface area (Å²) in [6.45, 7) is 6.28. The highest BCUT2D eigenvalue weighted by atomic mass is 79.9. The molecule has 1 heterocycles. The molecule has 0 fully saturated rings. The molecule has 0 radical (unpaired) electrons. The largest absolute Gasteiger partial charge is 0.325 e. The topological polar surface area (TPSA) is 29.9 Å². The van der Waals surface area contributed by atoms with Crippen molar-refractivity contribution in [2.45, 2.75) is 26.8 Å². The van der Waals surface area contributed by atoms with E-state index in [0.717, 1.165) is 26.3 Å². The molecule has 0 aliphatic rings. The number of nitrogens with one attached hydrogen (secondary N) is 1. The van der Waals surface area contributed by atoms with Gasteiger partial charge < -0.3 is 9.88 Å². The number of hydrogen-bond acceptors (Lipinski definition) is 2. The number of benzene rings is 1. The third-order valence-electron chi connectivity index (χ3n) is 2.59. The van der Waals surface area contributed by atoms with Gasteiger partial charge in [0.05, 0.1) is 11.4 Å². The molecule has 0 saturated carbocycles. The number of aryl methyl sites for hydroxylation is 1. The van der Waals surface area contributed by atoms with E-state index in [1.165, 1.54) is 0 Å². The van der Waals surface area contributed by atoms with Crippen LogP contribution in [0.4, 0.5) is 11.6 Å². The second-order valence-corrected chi connectivity index (χ2v) is 6.23. The Bertz CT molecular complexity index is 561. The van der Waals surface area contributed by atoms with E-state index in [2.05, 4.69) is 66.8 Å². The van der Waals surface area contributed by atoms with Crippen molar-refractivity contribution in [1.82, 2.24) is 9.55 Å². The van der Waals surface area contributed by atoms with Gasteiger partial charge in [-0.15, -0.1) is 0 Å². The molecule has 18 heavy (non-hydrogen) atoms. The van der Waals surface area contributed by atoms with Gasteiger partial charge in [0.25, 0.3) is 0 Å². The van der Waals surface area contributed by atoms with Crippen LogP contribution < -0.4 is 5.32 Å². The van der Waals surface area contributed by atoms with E-state index in [4.69, 9.17) is 0 Å². The number of hydrogen-bond donors (Lipinski definition) is 1. The zero-order chi connectivity index (χ0) is 13.3. The highest BCUT2D eigenvalue weighted by molar-refractivity contribution is 9.11. The van der Waals surface area contributed by atoms with E-state index in [1.54, 1.807) is 0 Å². The molecule has 3 nitrogen and oxygen atoms in total. The molecule has 0 atom stereocenters. The molecule has 1 aromatic heterocycles. The summed E-state index contributed by atoms with van der Waals surface area (Å²) in [6.07, 6.45) is 2.06. The molecule has 0 aliphatic heterocycles. The van der Waals surface area contributed by atoms with E-state index >= 15 is 0 Å². The molecule has 0 saturated heterocycles. The van der Waals surface area contributed by atoms with Crippen LogP contribution in [0.25, 0.3) is 0 Å². The predicted molar refractivity (Wildman–Crippen MR) is 82.5 cm³/mol. The third-order valence-corrected chi connectivity index (χ3v) is 3.74. The molecule has 96 valence electrons. The van der Waals surface area contributed by atoms with Crippen LogP contribution in [0, 0.1) is 6.92 Å². The summed E-state index contributed by atoms with van der Waals surface area (Å²) in [7, 11) is 0. The molecule has 0 amide bonds. The smallest absolute Gasteiger partial charge is 0.207 e. The third kappa shape index (κ3) is 2.95.